The number of aryl methyl sites for hydroxylation is 1. The molecule has 4 aromatic rings. The van der Waals surface area contributed by atoms with Crippen LogP contribution in [-0.4, -0.2) is 5.11 Å². The van der Waals surface area contributed by atoms with E-state index in [-0.39, 0.29) is 18.2 Å². The lowest BCUT2D eigenvalue weighted by Crippen LogP contribution is -3.00. The van der Waals surface area contributed by atoms with E-state index in [9.17, 15) is 5.11 Å². The summed E-state index contributed by atoms with van der Waals surface area (Å²) in [6, 6.07) is 22.4. The van der Waals surface area contributed by atoms with Gasteiger partial charge in [-0.15, -0.1) is 0 Å². The Hall–Kier alpha value is -2.69. The molecule has 3 aromatic carbocycles. The lowest BCUT2D eigenvalue weighted by atomic mass is 10.0. The van der Waals surface area contributed by atoms with Gasteiger partial charge in [0, 0.05) is 11.0 Å². The molecular formula is C22H17ClN2OS. The molecule has 0 radical (unpaired) electrons. The lowest BCUT2D eigenvalue weighted by molar-refractivity contribution is -0.646. The van der Waals surface area contributed by atoms with Gasteiger partial charge in [0.05, 0.1) is 16.8 Å². The highest BCUT2D eigenvalue weighted by Gasteiger charge is 2.25. The number of aromatic nitrogens is 1. The smallest absolute Gasteiger partial charge is 0.214 e. The van der Waals surface area contributed by atoms with Crippen LogP contribution in [0.5, 0.6) is 5.75 Å². The van der Waals surface area contributed by atoms with Crippen LogP contribution in [0, 0.1) is 0 Å². The zero-order chi connectivity index (χ0) is 17.7. The SMILES string of the molecule is C[n+]1cc2c(c3ccccc31)Nc1c(O)cc(-c3ccccc3)cc1S2.[Cl-]. The molecule has 2 heterocycles. The van der Waals surface area contributed by atoms with Crippen molar-refractivity contribution in [1.29, 1.82) is 0 Å². The van der Waals surface area contributed by atoms with Crippen LogP contribution in [0.3, 0.4) is 0 Å². The van der Waals surface area contributed by atoms with Gasteiger partial charge in [0.15, 0.2) is 6.20 Å². The van der Waals surface area contributed by atoms with Gasteiger partial charge >= 0.3 is 0 Å². The molecule has 0 saturated heterocycles. The van der Waals surface area contributed by atoms with E-state index < -0.39 is 0 Å². The third kappa shape index (κ3) is 2.91. The molecule has 3 nitrogen and oxygen atoms in total. The highest BCUT2D eigenvalue weighted by atomic mass is 35.5. The minimum absolute atomic E-state index is 0. The molecule has 0 unspecified atom stereocenters. The Morgan fingerprint density at radius 2 is 1.59 bits per heavy atom. The number of nitrogens with zero attached hydrogens (tertiary/aromatic N) is 1. The summed E-state index contributed by atoms with van der Waals surface area (Å²) in [5.41, 5.74) is 5.11. The number of pyridine rings is 1. The number of hydrogen-bond acceptors (Lipinski definition) is 3. The second kappa shape index (κ2) is 6.80. The van der Waals surface area contributed by atoms with Gasteiger partial charge in [0.1, 0.15) is 17.7 Å². The van der Waals surface area contributed by atoms with Crippen LogP contribution in [0.15, 0.2) is 82.7 Å². The molecule has 1 aromatic heterocycles. The molecule has 0 aliphatic carbocycles. The Labute approximate surface area is 168 Å². The Kier molecular flexibility index (Phi) is 4.46. The molecule has 2 N–H and O–H groups in total. The maximum atomic E-state index is 10.7. The molecular weight excluding hydrogens is 376 g/mol. The number of anilines is 2. The predicted molar refractivity (Wildman–Crippen MR) is 106 cm³/mol. The number of benzene rings is 3. The first-order chi connectivity index (χ1) is 12.7. The molecule has 1 aliphatic rings. The summed E-state index contributed by atoms with van der Waals surface area (Å²) in [5.74, 6) is 0.275. The summed E-state index contributed by atoms with van der Waals surface area (Å²) in [5, 5.41) is 15.3. The van der Waals surface area contributed by atoms with Crippen LogP contribution in [0.4, 0.5) is 11.4 Å². The summed E-state index contributed by atoms with van der Waals surface area (Å²) in [6.45, 7) is 0. The number of phenolic OH excluding ortho intramolecular Hbond substituents is 1. The molecule has 0 amide bonds. The molecule has 5 heteroatoms. The van der Waals surface area contributed by atoms with Gasteiger partial charge in [-0.05, 0) is 29.3 Å². The van der Waals surface area contributed by atoms with Crippen molar-refractivity contribution in [2.75, 3.05) is 5.32 Å². The first-order valence-electron chi connectivity index (χ1n) is 8.49. The van der Waals surface area contributed by atoms with Crippen LogP contribution in [0.25, 0.3) is 22.0 Å². The number of rotatable bonds is 1. The molecule has 0 spiro atoms. The predicted octanol–water partition coefficient (Wildman–Crippen LogP) is 2.25. The molecule has 27 heavy (non-hydrogen) atoms. The highest BCUT2D eigenvalue weighted by molar-refractivity contribution is 7.99. The minimum Gasteiger partial charge on any atom is -1.00 e. The Morgan fingerprint density at radius 1 is 0.852 bits per heavy atom. The summed E-state index contributed by atoms with van der Waals surface area (Å²) < 4.78 is 2.15. The normalized spacial score (nSPS) is 11.9. The van der Waals surface area contributed by atoms with E-state index in [2.05, 4.69) is 53.5 Å². The summed E-state index contributed by atoms with van der Waals surface area (Å²) in [4.78, 5) is 2.19. The van der Waals surface area contributed by atoms with E-state index in [0.717, 1.165) is 43.2 Å². The second-order valence-electron chi connectivity index (χ2n) is 6.46. The first-order valence-corrected chi connectivity index (χ1v) is 9.31. The number of aromatic hydroxyl groups is 1. The van der Waals surface area contributed by atoms with Crippen molar-refractivity contribution >= 4 is 34.0 Å². The van der Waals surface area contributed by atoms with Gasteiger partial charge < -0.3 is 22.8 Å². The fourth-order valence-corrected chi connectivity index (χ4v) is 4.64. The fraction of sp³-hybridized carbons (Fsp3) is 0.0455. The summed E-state index contributed by atoms with van der Waals surface area (Å²) in [7, 11) is 2.07. The zero-order valence-electron chi connectivity index (χ0n) is 14.6. The zero-order valence-corrected chi connectivity index (χ0v) is 16.2. The standard InChI is InChI=1S/C22H16N2OS.ClH/c1-24-13-20-21(16-9-5-6-10-17(16)24)23-22-18(25)11-15(12-19(22)26-20)14-7-3-2-4-8-14;/h2-13,25H,1H3;1H. The third-order valence-electron chi connectivity index (χ3n) is 4.77. The third-order valence-corrected chi connectivity index (χ3v) is 5.84. The largest absolute Gasteiger partial charge is 1.00 e. The number of hydrogen-bond donors (Lipinski definition) is 2. The van der Waals surface area contributed by atoms with Crippen molar-refractivity contribution in [2.24, 2.45) is 7.05 Å². The van der Waals surface area contributed by atoms with Crippen molar-refractivity contribution in [1.82, 2.24) is 0 Å². The number of para-hydroxylation sites is 1. The molecule has 0 fully saturated rings. The van der Waals surface area contributed by atoms with Crippen molar-refractivity contribution < 1.29 is 22.1 Å². The van der Waals surface area contributed by atoms with Crippen LogP contribution >= 0.6 is 11.8 Å². The van der Waals surface area contributed by atoms with Crippen LogP contribution < -0.4 is 22.3 Å². The number of nitrogens with one attached hydrogen (secondary N) is 1. The molecule has 0 bridgehead atoms. The quantitative estimate of drug-likeness (QED) is 0.339. The number of phenols is 1. The van der Waals surface area contributed by atoms with Gasteiger partial charge in [-0.1, -0.05) is 54.2 Å². The van der Waals surface area contributed by atoms with Gasteiger partial charge in [-0.3, -0.25) is 0 Å². The summed E-state index contributed by atoms with van der Waals surface area (Å²) >= 11 is 1.69. The average molecular weight is 393 g/mol. The number of fused-ring (bicyclic) bond motifs is 4. The van der Waals surface area contributed by atoms with Gasteiger partial charge in [-0.25, -0.2) is 0 Å². The van der Waals surface area contributed by atoms with Crippen molar-refractivity contribution in [3.8, 4) is 16.9 Å². The summed E-state index contributed by atoms with van der Waals surface area (Å²) in [6.07, 6.45) is 2.14. The van der Waals surface area contributed by atoms with E-state index in [4.69, 9.17) is 0 Å². The molecule has 134 valence electrons. The van der Waals surface area contributed by atoms with Gasteiger partial charge in [0.25, 0.3) is 0 Å². The van der Waals surface area contributed by atoms with Crippen molar-refractivity contribution in [3.63, 3.8) is 0 Å². The van der Waals surface area contributed by atoms with E-state index in [0.29, 0.717) is 0 Å². The highest BCUT2D eigenvalue weighted by Crippen LogP contribution is 2.50. The Balaban J connectivity index is 0.00000180. The molecule has 5 rings (SSSR count). The van der Waals surface area contributed by atoms with Crippen molar-refractivity contribution in [2.45, 2.75) is 9.79 Å². The van der Waals surface area contributed by atoms with Crippen molar-refractivity contribution in [3.05, 3.63) is 72.9 Å². The maximum absolute atomic E-state index is 10.7. The Morgan fingerprint density at radius 3 is 2.41 bits per heavy atom. The van der Waals surface area contributed by atoms with E-state index in [1.165, 1.54) is 0 Å². The molecule has 0 atom stereocenters. The van der Waals surface area contributed by atoms with Crippen LogP contribution in [0.2, 0.25) is 0 Å². The molecule has 0 saturated carbocycles. The van der Waals surface area contributed by atoms with Gasteiger partial charge in [0.2, 0.25) is 5.52 Å². The Bertz CT molecular complexity index is 1160. The minimum atomic E-state index is 0. The second-order valence-corrected chi connectivity index (χ2v) is 7.54. The first kappa shape index (κ1) is 17.7. The monoisotopic (exact) mass is 392 g/mol. The van der Waals surface area contributed by atoms with E-state index >= 15 is 0 Å². The van der Waals surface area contributed by atoms with Crippen LogP contribution in [0.1, 0.15) is 0 Å². The van der Waals surface area contributed by atoms with Crippen LogP contribution in [-0.2, 0) is 7.05 Å². The molecule has 1 aliphatic heterocycles. The average Bonchev–Trinajstić information content (AvgIpc) is 2.68. The fourth-order valence-electron chi connectivity index (χ4n) is 3.49. The van der Waals surface area contributed by atoms with Gasteiger partial charge in [-0.2, -0.15) is 4.57 Å². The topological polar surface area (TPSA) is 36.1 Å². The maximum Gasteiger partial charge on any atom is 0.214 e. The lowest BCUT2D eigenvalue weighted by Gasteiger charge is -2.22. The number of halogens is 1. The van der Waals surface area contributed by atoms with E-state index in [1.807, 2.05) is 36.4 Å². The van der Waals surface area contributed by atoms with E-state index in [1.54, 1.807) is 11.8 Å².